The smallest absolute Gasteiger partial charge is 0.280 e. The highest BCUT2D eigenvalue weighted by Crippen LogP contribution is 2.40. The normalized spacial score (nSPS) is 14.4. The molecule has 162 valence electrons. The van der Waals surface area contributed by atoms with Gasteiger partial charge in [0.15, 0.2) is 6.10 Å². The van der Waals surface area contributed by atoms with Gasteiger partial charge in [0.1, 0.15) is 16.4 Å². The van der Waals surface area contributed by atoms with Crippen LogP contribution in [0.5, 0.6) is 5.75 Å². The van der Waals surface area contributed by atoms with Crippen molar-refractivity contribution in [3.8, 4) is 5.75 Å². The van der Waals surface area contributed by atoms with Crippen LogP contribution in [-0.2, 0) is 4.79 Å². The molecule has 1 saturated carbocycles. The summed E-state index contributed by atoms with van der Waals surface area (Å²) in [7, 11) is 0. The summed E-state index contributed by atoms with van der Waals surface area (Å²) >= 11 is 1.33. The molecule has 0 bridgehead atoms. The first-order chi connectivity index (χ1) is 14.8. The van der Waals surface area contributed by atoms with Crippen LogP contribution in [-0.4, -0.2) is 27.9 Å². The van der Waals surface area contributed by atoms with E-state index in [1.807, 2.05) is 45.9 Å². The van der Waals surface area contributed by atoms with Crippen LogP contribution < -0.4 is 15.6 Å². The Labute approximate surface area is 185 Å². The highest BCUT2D eigenvalue weighted by molar-refractivity contribution is 7.20. The lowest BCUT2D eigenvalue weighted by molar-refractivity contribution is -0.128. The molecule has 1 aliphatic rings. The second-order valence-electron chi connectivity index (χ2n) is 8.08. The van der Waals surface area contributed by atoms with Gasteiger partial charge in [-0.1, -0.05) is 12.1 Å². The van der Waals surface area contributed by atoms with E-state index in [4.69, 9.17) is 4.74 Å². The quantitative estimate of drug-likeness (QED) is 0.587. The lowest BCUT2D eigenvalue weighted by Gasteiger charge is -2.17. The minimum Gasteiger partial charge on any atom is -0.481 e. The van der Waals surface area contributed by atoms with Gasteiger partial charge in [0.2, 0.25) is 0 Å². The van der Waals surface area contributed by atoms with Gasteiger partial charge < -0.3 is 4.74 Å². The molecule has 8 heteroatoms. The van der Waals surface area contributed by atoms with Crippen LogP contribution >= 0.6 is 11.3 Å². The number of rotatable bonds is 5. The van der Waals surface area contributed by atoms with Crippen molar-refractivity contribution >= 4 is 33.4 Å². The number of nitrogens with zero attached hydrogens (tertiary/aromatic N) is 2. The van der Waals surface area contributed by atoms with Gasteiger partial charge in [-0.3, -0.25) is 20.4 Å². The van der Waals surface area contributed by atoms with Crippen LogP contribution in [0.15, 0.2) is 18.2 Å². The number of ether oxygens (including phenoxy) is 1. The van der Waals surface area contributed by atoms with Crippen molar-refractivity contribution < 1.29 is 14.3 Å². The average Bonchev–Trinajstić information content (AvgIpc) is 3.53. The standard InChI is InChI=1S/C23H26N4O3S/c1-11-7-6-8-17(12(11)2)30-15(5)21(28)26-27-22(29)19-13(3)18-14(4)24-20(16-9-10-16)25-23(18)31-19/h6-8,15-16H,9-10H2,1-5H3,(H,26,28)(H,27,29). The molecular weight excluding hydrogens is 412 g/mol. The van der Waals surface area contributed by atoms with E-state index in [2.05, 4.69) is 20.8 Å². The molecule has 2 N–H and O–H groups in total. The molecule has 1 unspecified atom stereocenters. The number of carbonyl (C=O) groups excluding carboxylic acids is 2. The summed E-state index contributed by atoms with van der Waals surface area (Å²) in [5.41, 5.74) is 8.75. The minimum atomic E-state index is -0.765. The van der Waals surface area contributed by atoms with Crippen LogP contribution in [0.2, 0.25) is 0 Å². The van der Waals surface area contributed by atoms with E-state index < -0.39 is 12.0 Å². The van der Waals surface area contributed by atoms with Crippen LogP contribution in [0, 0.1) is 27.7 Å². The predicted octanol–water partition coefficient (Wildman–Crippen LogP) is 4.03. The summed E-state index contributed by atoms with van der Waals surface area (Å²) in [4.78, 5) is 35.8. The summed E-state index contributed by atoms with van der Waals surface area (Å²) in [6.45, 7) is 9.41. The molecule has 31 heavy (non-hydrogen) atoms. The maximum atomic E-state index is 12.8. The molecule has 1 aromatic carbocycles. The van der Waals surface area contributed by atoms with Gasteiger partial charge in [-0.25, -0.2) is 9.97 Å². The Morgan fingerprint density at radius 2 is 1.84 bits per heavy atom. The third kappa shape index (κ3) is 4.25. The van der Waals surface area contributed by atoms with E-state index in [1.165, 1.54) is 11.3 Å². The lowest BCUT2D eigenvalue weighted by Crippen LogP contribution is -2.47. The summed E-state index contributed by atoms with van der Waals surface area (Å²) in [5, 5.41) is 0.914. The Bertz CT molecular complexity index is 1180. The van der Waals surface area contributed by atoms with Gasteiger partial charge in [0.05, 0.1) is 10.6 Å². The number of carbonyl (C=O) groups is 2. The van der Waals surface area contributed by atoms with Crippen LogP contribution in [0.25, 0.3) is 10.2 Å². The largest absolute Gasteiger partial charge is 0.481 e. The number of hydrazine groups is 1. The van der Waals surface area contributed by atoms with Crippen LogP contribution in [0.4, 0.5) is 0 Å². The van der Waals surface area contributed by atoms with Gasteiger partial charge in [-0.15, -0.1) is 11.3 Å². The van der Waals surface area contributed by atoms with Crippen LogP contribution in [0.3, 0.4) is 0 Å². The first-order valence-corrected chi connectivity index (χ1v) is 11.2. The Morgan fingerprint density at radius 1 is 1.10 bits per heavy atom. The zero-order chi connectivity index (χ0) is 22.3. The summed E-state index contributed by atoms with van der Waals surface area (Å²) in [6, 6.07) is 5.69. The molecule has 2 heterocycles. The third-order valence-corrected chi connectivity index (χ3v) is 6.85. The van der Waals surface area contributed by atoms with Gasteiger partial charge in [0, 0.05) is 11.3 Å². The third-order valence-electron chi connectivity index (χ3n) is 5.66. The number of fused-ring (bicyclic) bond motifs is 1. The zero-order valence-electron chi connectivity index (χ0n) is 18.3. The molecule has 1 aliphatic carbocycles. The van der Waals surface area contributed by atoms with Crippen molar-refractivity contribution in [3.63, 3.8) is 0 Å². The number of aryl methyl sites for hydroxylation is 3. The van der Waals surface area contributed by atoms with Gasteiger partial charge >= 0.3 is 0 Å². The fourth-order valence-corrected chi connectivity index (χ4v) is 4.61. The Balaban J connectivity index is 1.44. The van der Waals surface area contributed by atoms with Gasteiger partial charge in [-0.2, -0.15) is 0 Å². The fraction of sp³-hybridized carbons (Fsp3) is 0.391. The molecule has 0 radical (unpaired) electrons. The Hall–Kier alpha value is -3.00. The SMILES string of the molecule is Cc1cccc(OC(C)C(=O)NNC(=O)c2sc3nc(C4CC4)nc(C)c3c2C)c1C. The van der Waals surface area contributed by atoms with Gasteiger partial charge in [-0.05, 0) is 70.2 Å². The number of hydrogen-bond donors (Lipinski definition) is 2. The topological polar surface area (TPSA) is 93.2 Å². The van der Waals surface area contributed by atoms with Crippen molar-refractivity contribution in [1.82, 2.24) is 20.8 Å². The zero-order valence-corrected chi connectivity index (χ0v) is 19.1. The number of nitrogens with one attached hydrogen (secondary N) is 2. The van der Waals surface area contributed by atoms with Crippen molar-refractivity contribution in [1.29, 1.82) is 0 Å². The second kappa shape index (κ2) is 8.26. The van der Waals surface area contributed by atoms with E-state index >= 15 is 0 Å². The summed E-state index contributed by atoms with van der Waals surface area (Å²) in [5.74, 6) is 1.15. The molecular formula is C23H26N4O3S. The maximum Gasteiger partial charge on any atom is 0.280 e. The lowest BCUT2D eigenvalue weighted by atomic mass is 10.1. The average molecular weight is 439 g/mol. The number of aromatic nitrogens is 2. The first-order valence-electron chi connectivity index (χ1n) is 10.4. The summed E-state index contributed by atoms with van der Waals surface area (Å²) < 4.78 is 5.78. The Morgan fingerprint density at radius 3 is 2.55 bits per heavy atom. The van der Waals surface area contributed by atoms with E-state index in [0.717, 1.165) is 51.3 Å². The van der Waals surface area contributed by atoms with E-state index in [-0.39, 0.29) is 5.91 Å². The molecule has 0 saturated heterocycles. The van der Waals surface area contributed by atoms with Crippen molar-refractivity contribution in [2.45, 2.75) is 59.5 Å². The maximum absolute atomic E-state index is 12.8. The molecule has 0 aliphatic heterocycles. The predicted molar refractivity (Wildman–Crippen MR) is 120 cm³/mol. The monoisotopic (exact) mass is 438 g/mol. The molecule has 1 atom stereocenters. The molecule has 1 fully saturated rings. The van der Waals surface area contributed by atoms with E-state index in [0.29, 0.717) is 16.5 Å². The fourth-order valence-electron chi connectivity index (χ4n) is 3.47. The second-order valence-corrected chi connectivity index (χ2v) is 9.08. The molecule has 2 amide bonds. The number of benzene rings is 1. The number of amides is 2. The summed E-state index contributed by atoms with van der Waals surface area (Å²) in [6.07, 6.45) is 1.48. The number of hydrogen-bond acceptors (Lipinski definition) is 6. The van der Waals surface area contributed by atoms with Crippen molar-refractivity contribution in [2.24, 2.45) is 0 Å². The Kier molecular flexibility index (Phi) is 5.66. The van der Waals surface area contributed by atoms with Crippen LogP contribution in [0.1, 0.15) is 63.6 Å². The van der Waals surface area contributed by atoms with Crippen molar-refractivity contribution in [3.05, 3.63) is 51.3 Å². The number of thiophene rings is 1. The molecule has 3 aromatic rings. The molecule has 2 aromatic heterocycles. The van der Waals surface area contributed by atoms with Gasteiger partial charge in [0.25, 0.3) is 11.8 Å². The molecule has 4 rings (SSSR count). The van der Waals surface area contributed by atoms with Crippen molar-refractivity contribution in [2.75, 3.05) is 0 Å². The highest BCUT2D eigenvalue weighted by atomic mass is 32.1. The molecule has 0 spiro atoms. The van der Waals surface area contributed by atoms with E-state index in [1.54, 1.807) is 6.92 Å². The van der Waals surface area contributed by atoms with E-state index in [9.17, 15) is 9.59 Å². The highest BCUT2D eigenvalue weighted by Gasteiger charge is 2.28. The molecule has 7 nitrogen and oxygen atoms in total. The minimum absolute atomic E-state index is 0.375. The first kappa shape index (κ1) is 21.2.